The summed E-state index contributed by atoms with van der Waals surface area (Å²) in [5.74, 6) is -3.55. The van der Waals surface area contributed by atoms with Crippen LogP contribution >= 0.6 is 0 Å². The number of ether oxygens (including phenoxy) is 2. The first-order valence-electron chi connectivity index (χ1n) is 13.1. The van der Waals surface area contributed by atoms with Gasteiger partial charge in [0.2, 0.25) is 0 Å². The smallest absolute Gasteiger partial charge is 0.343 e. The van der Waals surface area contributed by atoms with Crippen molar-refractivity contribution in [1.29, 1.82) is 0 Å². The first-order valence-corrected chi connectivity index (χ1v) is 13.1. The Hall–Kier alpha value is -2.50. The van der Waals surface area contributed by atoms with Crippen LogP contribution in [0.4, 0.5) is 13.2 Å². The second-order valence-corrected chi connectivity index (χ2v) is 9.72. The van der Waals surface area contributed by atoms with Crippen molar-refractivity contribution in [2.45, 2.75) is 84.0 Å². The lowest BCUT2D eigenvalue weighted by Crippen LogP contribution is -2.20. The van der Waals surface area contributed by atoms with Crippen LogP contribution < -0.4 is 9.47 Å². The topological polar surface area (TPSA) is 35.5 Å². The summed E-state index contributed by atoms with van der Waals surface area (Å²) in [5, 5.41) is 0. The van der Waals surface area contributed by atoms with Crippen molar-refractivity contribution in [2.75, 3.05) is 6.61 Å². The number of halogens is 3. The zero-order chi connectivity index (χ0) is 25.0. The average molecular weight is 491 g/mol. The molecular weight excluding hydrogens is 453 g/mol. The zero-order valence-electron chi connectivity index (χ0n) is 20.7. The average Bonchev–Trinajstić information content (AvgIpc) is 2.86. The van der Waals surface area contributed by atoms with Gasteiger partial charge in [-0.05, 0) is 48.9 Å². The fourth-order valence-corrected chi connectivity index (χ4v) is 4.74. The molecule has 3 rings (SSSR count). The van der Waals surface area contributed by atoms with Crippen molar-refractivity contribution in [3.05, 3.63) is 59.4 Å². The van der Waals surface area contributed by atoms with E-state index in [1.807, 2.05) is 0 Å². The van der Waals surface area contributed by atoms with Gasteiger partial charge in [0.1, 0.15) is 11.5 Å². The number of benzene rings is 2. The van der Waals surface area contributed by atoms with Crippen molar-refractivity contribution in [1.82, 2.24) is 0 Å². The monoisotopic (exact) mass is 490 g/mol. The van der Waals surface area contributed by atoms with Crippen LogP contribution in [-0.2, 0) is 0 Å². The fraction of sp³-hybridized carbons (Fsp3) is 0.552. The van der Waals surface area contributed by atoms with E-state index in [0.717, 1.165) is 5.92 Å². The van der Waals surface area contributed by atoms with Gasteiger partial charge >= 0.3 is 5.97 Å². The highest BCUT2D eigenvalue weighted by Gasteiger charge is 2.21. The molecule has 0 spiro atoms. The van der Waals surface area contributed by atoms with Crippen LogP contribution in [0, 0.1) is 29.3 Å². The largest absolute Gasteiger partial charge is 0.493 e. The molecule has 6 heteroatoms. The minimum absolute atomic E-state index is 0.202. The molecule has 0 amide bonds. The van der Waals surface area contributed by atoms with Crippen LogP contribution in [0.2, 0.25) is 0 Å². The summed E-state index contributed by atoms with van der Waals surface area (Å²) in [5.41, 5.74) is 0.202. The lowest BCUT2D eigenvalue weighted by molar-refractivity contribution is 0.0733. The van der Waals surface area contributed by atoms with Gasteiger partial charge in [0.05, 0.1) is 12.2 Å². The molecule has 0 aliphatic heterocycles. The lowest BCUT2D eigenvalue weighted by Gasteiger charge is -2.28. The summed E-state index contributed by atoms with van der Waals surface area (Å²) in [6.45, 7) is 2.91. The van der Waals surface area contributed by atoms with E-state index < -0.39 is 29.2 Å². The van der Waals surface area contributed by atoms with E-state index in [2.05, 4.69) is 6.92 Å². The molecule has 2 aromatic carbocycles. The predicted molar refractivity (Wildman–Crippen MR) is 131 cm³/mol. The SMILES string of the molecule is CCCCCCCCC[C@H]1CC[C@H](COc2ccc(C(=O)Oc3cc(F)c(F)c(F)c3)cc2)CC1. The predicted octanol–water partition coefficient (Wildman–Crippen LogP) is 8.65. The Morgan fingerprint density at radius 3 is 2.00 bits per heavy atom. The highest BCUT2D eigenvalue weighted by Crippen LogP contribution is 2.32. The van der Waals surface area contributed by atoms with Crippen molar-refractivity contribution >= 4 is 5.97 Å². The number of rotatable bonds is 13. The number of carbonyl (C=O) groups is 1. The molecule has 0 unspecified atom stereocenters. The summed E-state index contributed by atoms with van der Waals surface area (Å²) < 4.78 is 50.5. The van der Waals surface area contributed by atoms with Crippen LogP contribution in [0.15, 0.2) is 36.4 Å². The number of carbonyl (C=O) groups excluding carboxylic acids is 1. The Morgan fingerprint density at radius 1 is 0.800 bits per heavy atom. The molecule has 0 radical (unpaired) electrons. The van der Waals surface area contributed by atoms with Crippen molar-refractivity contribution in [3.8, 4) is 11.5 Å². The van der Waals surface area contributed by atoms with Gasteiger partial charge in [-0.1, -0.05) is 71.1 Å². The maximum Gasteiger partial charge on any atom is 0.343 e. The van der Waals surface area contributed by atoms with E-state index >= 15 is 0 Å². The third kappa shape index (κ3) is 8.90. The summed E-state index contributed by atoms with van der Waals surface area (Å²) in [6.07, 6.45) is 15.8. The minimum atomic E-state index is -1.60. The summed E-state index contributed by atoms with van der Waals surface area (Å²) in [6, 6.07) is 7.69. The molecule has 1 aliphatic carbocycles. The molecular formula is C29H37F3O3. The number of hydrogen-bond acceptors (Lipinski definition) is 3. The van der Waals surface area contributed by atoms with E-state index in [9.17, 15) is 18.0 Å². The van der Waals surface area contributed by atoms with Crippen molar-refractivity contribution < 1.29 is 27.4 Å². The molecule has 0 bridgehead atoms. The molecule has 1 aliphatic rings. The van der Waals surface area contributed by atoms with E-state index in [1.54, 1.807) is 12.1 Å². The maximum absolute atomic E-state index is 13.3. The molecule has 0 atom stereocenters. The van der Waals surface area contributed by atoms with Gasteiger partial charge < -0.3 is 9.47 Å². The van der Waals surface area contributed by atoms with Gasteiger partial charge in [0.15, 0.2) is 17.5 Å². The Labute approximate surface area is 207 Å². The van der Waals surface area contributed by atoms with E-state index in [0.29, 0.717) is 30.4 Å². The van der Waals surface area contributed by atoms with Gasteiger partial charge in [0, 0.05) is 12.1 Å². The third-order valence-electron chi connectivity index (χ3n) is 6.93. The van der Waals surface area contributed by atoms with Gasteiger partial charge in [0.25, 0.3) is 0 Å². The van der Waals surface area contributed by atoms with Crippen LogP contribution in [0.3, 0.4) is 0 Å². The second kappa shape index (κ2) is 14.2. The summed E-state index contributed by atoms with van der Waals surface area (Å²) in [4.78, 5) is 12.2. The summed E-state index contributed by atoms with van der Waals surface area (Å²) >= 11 is 0. The Kier molecular flexibility index (Phi) is 11.0. The molecule has 3 nitrogen and oxygen atoms in total. The molecule has 0 aromatic heterocycles. The molecule has 1 saturated carbocycles. The lowest BCUT2D eigenvalue weighted by atomic mass is 9.80. The number of unbranched alkanes of at least 4 members (excludes halogenated alkanes) is 6. The minimum Gasteiger partial charge on any atom is -0.493 e. The highest BCUT2D eigenvalue weighted by molar-refractivity contribution is 5.91. The Balaban J connectivity index is 1.34. The van der Waals surface area contributed by atoms with Crippen molar-refractivity contribution in [2.24, 2.45) is 11.8 Å². The molecule has 0 N–H and O–H groups in total. The number of hydrogen-bond donors (Lipinski definition) is 0. The molecule has 1 fully saturated rings. The molecule has 0 saturated heterocycles. The Bertz CT molecular complexity index is 898. The maximum atomic E-state index is 13.3. The summed E-state index contributed by atoms with van der Waals surface area (Å²) in [7, 11) is 0. The quantitative estimate of drug-likeness (QED) is 0.122. The fourth-order valence-electron chi connectivity index (χ4n) is 4.74. The van der Waals surface area contributed by atoms with Gasteiger partial charge in [-0.2, -0.15) is 0 Å². The zero-order valence-corrected chi connectivity index (χ0v) is 20.7. The van der Waals surface area contributed by atoms with E-state index in [4.69, 9.17) is 9.47 Å². The van der Waals surface area contributed by atoms with E-state index in [-0.39, 0.29) is 5.56 Å². The molecule has 0 heterocycles. The van der Waals surface area contributed by atoms with Gasteiger partial charge in [-0.15, -0.1) is 0 Å². The van der Waals surface area contributed by atoms with Gasteiger partial charge in [-0.3, -0.25) is 0 Å². The van der Waals surface area contributed by atoms with Crippen LogP contribution in [-0.4, -0.2) is 12.6 Å². The first kappa shape index (κ1) is 27.1. The normalized spacial score (nSPS) is 17.8. The van der Waals surface area contributed by atoms with Gasteiger partial charge in [-0.25, -0.2) is 18.0 Å². The van der Waals surface area contributed by atoms with Crippen LogP contribution in [0.5, 0.6) is 11.5 Å². The second-order valence-electron chi connectivity index (χ2n) is 9.72. The standard InChI is InChI=1S/C29H37F3O3/c1-2-3-4-5-6-7-8-9-21-10-12-22(13-11-21)20-34-24-16-14-23(15-17-24)29(33)35-25-18-26(30)28(32)27(31)19-25/h14-19,21-22H,2-13,20H2,1H3/t21-,22-. The highest BCUT2D eigenvalue weighted by atomic mass is 19.2. The van der Waals surface area contributed by atoms with E-state index in [1.165, 1.54) is 89.2 Å². The Morgan fingerprint density at radius 2 is 1.37 bits per heavy atom. The molecule has 192 valence electrons. The van der Waals surface area contributed by atoms with Crippen LogP contribution in [0.1, 0.15) is 94.3 Å². The molecule has 35 heavy (non-hydrogen) atoms. The number of esters is 1. The third-order valence-corrected chi connectivity index (χ3v) is 6.93. The molecule has 2 aromatic rings. The van der Waals surface area contributed by atoms with Crippen molar-refractivity contribution in [3.63, 3.8) is 0 Å². The first-order chi connectivity index (χ1) is 17.0. The van der Waals surface area contributed by atoms with Crippen LogP contribution in [0.25, 0.3) is 0 Å².